The number of carboxylic acid groups (broad SMARTS) is 1. The van der Waals surface area contributed by atoms with Gasteiger partial charge in [0.15, 0.2) is 0 Å². The second kappa shape index (κ2) is 8.41. The molecule has 0 fully saturated rings. The molecule has 0 saturated heterocycles. The molecule has 5 nitrogen and oxygen atoms in total. The minimum absolute atomic E-state index is 0.309. The van der Waals surface area contributed by atoms with Crippen molar-refractivity contribution in [1.29, 1.82) is 0 Å². The molecule has 0 saturated carbocycles. The van der Waals surface area contributed by atoms with Crippen molar-refractivity contribution in [2.75, 3.05) is 5.73 Å². The Balaban J connectivity index is 1.68. The van der Waals surface area contributed by atoms with Gasteiger partial charge in [-0.1, -0.05) is 55.8 Å². The lowest BCUT2D eigenvalue weighted by atomic mass is 9.99. The van der Waals surface area contributed by atoms with Gasteiger partial charge in [-0.2, -0.15) is 0 Å². The summed E-state index contributed by atoms with van der Waals surface area (Å²) in [5, 5.41) is 9.46. The van der Waals surface area contributed by atoms with Gasteiger partial charge in [0.05, 0.1) is 16.6 Å². The molecule has 0 aliphatic carbocycles. The quantitative estimate of drug-likeness (QED) is 0.409. The van der Waals surface area contributed by atoms with Crippen LogP contribution in [0.5, 0.6) is 0 Å². The number of aromatic nitrogens is 2. The highest BCUT2D eigenvalue weighted by atomic mass is 16.4. The molecule has 0 aliphatic rings. The fourth-order valence-corrected chi connectivity index (χ4v) is 3.79. The summed E-state index contributed by atoms with van der Waals surface area (Å²) >= 11 is 0. The second-order valence-corrected chi connectivity index (χ2v) is 7.51. The van der Waals surface area contributed by atoms with Gasteiger partial charge in [-0.05, 0) is 47.4 Å². The van der Waals surface area contributed by atoms with Crippen molar-refractivity contribution < 1.29 is 9.90 Å². The zero-order chi connectivity index (χ0) is 21.1. The number of nitrogens with zero attached hydrogens (tertiary/aromatic N) is 2. The van der Waals surface area contributed by atoms with Crippen molar-refractivity contribution in [3.05, 3.63) is 83.7 Å². The fourth-order valence-electron chi connectivity index (χ4n) is 3.79. The Morgan fingerprint density at radius 3 is 2.57 bits per heavy atom. The van der Waals surface area contributed by atoms with Crippen LogP contribution in [-0.4, -0.2) is 20.6 Å². The molecule has 152 valence electrons. The highest BCUT2D eigenvalue weighted by Gasteiger charge is 2.13. The van der Waals surface area contributed by atoms with Gasteiger partial charge >= 0.3 is 5.97 Å². The highest BCUT2D eigenvalue weighted by molar-refractivity contribution is 5.96. The molecule has 30 heavy (non-hydrogen) atoms. The van der Waals surface area contributed by atoms with E-state index in [-0.39, 0.29) is 0 Å². The first-order valence-electron chi connectivity index (χ1n) is 10.2. The van der Waals surface area contributed by atoms with Gasteiger partial charge in [0.2, 0.25) is 0 Å². The fraction of sp³-hybridized carbons (Fsp3) is 0.200. The van der Waals surface area contributed by atoms with Gasteiger partial charge in [-0.15, -0.1) is 0 Å². The topological polar surface area (TPSA) is 81.1 Å². The number of benzene rings is 3. The third-order valence-corrected chi connectivity index (χ3v) is 5.37. The first-order chi connectivity index (χ1) is 14.6. The van der Waals surface area contributed by atoms with E-state index >= 15 is 0 Å². The number of anilines is 1. The lowest BCUT2D eigenvalue weighted by molar-refractivity contribution is 0.0697. The normalized spacial score (nSPS) is 11.1. The van der Waals surface area contributed by atoms with E-state index in [9.17, 15) is 9.90 Å². The molecule has 0 radical (unpaired) electrons. The number of unbranched alkanes of at least 4 members (excludes halogenated alkanes) is 1. The Morgan fingerprint density at radius 2 is 1.83 bits per heavy atom. The van der Waals surface area contributed by atoms with Crippen LogP contribution < -0.4 is 5.73 Å². The molecule has 0 aliphatic heterocycles. The Kier molecular flexibility index (Phi) is 5.53. The standard InChI is InChI=1S/C25H25N3O2/c1-2-3-8-24-27-22-14-13-19(26)15-23(22)28(24)16-17-9-11-18(12-10-17)20-6-4-5-7-21(20)25(29)30/h4-7,9-15H,2-3,8,16,26H2,1H3,(H,29,30). The lowest BCUT2D eigenvalue weighted by Gasteiger charge is -2.11. The van der Waals surface area contributed by atoms with Crippen molar-refractivity contribution in [1.82, 2.24) is 9.55 Å². The lowest BCUT2D eigenvalue weighted by Crippen LogP contribution is -2.06. The van der Waals surface area contributed by atoms with Crippen molar-refractivity contribution in [3.63, 3.8) is 0 Å². The van der Waals surface area contributed by atoms with E-state index in [1.807, 2.05) is 42.5 Å². The number of fused-ring (bicyclic) bond motifs is 1. The molecule has 0 atom stereocenters. The molecule has 1 heterocycles. The molecule has 0 amide bonds. The molecule has 0 spiro atoms. The van der Waals surface area contributed by atoms with Crippen LogP contribution in [0.15, 0.2) is 66.7 Å². The summed E-state index contributed by atoms with van der Waals surface area (Å²) in [5.74, 6) is 0.149. The van der Waals surface area contributed by atoms with E-state index in [0.717, 1.165) is 58.5 Å². The Bertz CT molecular complexity index is 1190. The third-order valence-electron chi connectivity index (χ3n) is 5.37. The summed E-state index contributed by atoms with van der Waals surface area (Å²) < 4.78 is 2.24. The van der Waals surface area contributed by atoms with Crippen LogP contribution in [0.1, 0.15) is 41.5 Å². The van der Waals surface area contributed by atoms with Crippen LogP contribution in [-0.2, 0) is 13.0 Å². The molecule has 4 aromatic rings. The average molecular weight is 399 g/mol. The number of rotatable bonds is 7. The maximum absolute atomic E-state index is 11.5. The summed E-state index contributed by atoms with van der Waals surface area (Å²) in [6, 6.07) is 21.0. The van der Waals surface area contributed by atoms with E-state index in [0.29, 0.717) is 12.1 Å². The van der Waals surface area contributed by atoms with Crippen LogP contribution in [0.4, 0.5) is 5.69 Å². The summed E-state index contributed by atoms with van der Waals surface area (Å²) in [6.07, 6.45) is 3.13. The predicted octanol–water partition coefficient (Wildman–Crippen LogP) is 5.37. The maximum atomic E-state index is 11.5. The van der Waals surface area contributed by atoms with Crippen LogP contribution >= 0.6 is 0 Å². The first-order valence-corrected chi connectivity index (χ1v) is 10.2. The predicted molar refractivity (Wildman–Crippen MR) is 121 cm³/mol. The number of carbonyl (C=O) groups is 1. The van der Waals surface area contributed by atoms with Gasteiger partial charge in [-0.25, -0.2) is 9.78 Å². The number of nitrogens with two attached hydrogens (primary N) is 1. The minimum Gasteiger partial charge on any atom is -0.478 e. The average Bonchev–Trinajstić information content (AvgIpc) is 3.09. The summed E-state index contributed by atoms with van der Waals surface area (Å²) in [6.45, 7) is 2.87. The number of aromatic carboxylic acids is 1. The van der Waals surface area contributed by atoms with Crippen molar-refractivity contribution in [2.24, 2.45) is 0 Å². The largest absolute Gasteiger partial charge is 0.478 e. The zero-order valence-corrected chi connectivity index (χ0v) is 17.0. The Labute approximate surface area is 175 Å². The highest BCUT2D eigenvalue weighted by Crippen LogP contribution is 2.26. The molecule has 3 N–H and O–H groups in total. The number of carboxylic acids is 1. The van der Waals surface area contributed by atoms with E-state index in [1.165, 1.54) is 0 Å². The van der Waals surface area contributed by atoms with Gasteiger partial charge in [0, 0.05) is 18.7 Å². The number of hydrogen-bond acceptors (Lipinski definition) is 3. The number of aryl methyl sites for hydroxylation is 1. The summed E-state index contributed by atoms with van der Waals surface area (Å²) in [5.41, 5.74) is 11.8. The molecular weight excluding hydrogens is 374 g/mol. The van der Waals surface area contributed by atoms with Crippen molar-refractivity contribution >= 4 is 22.7 Å². The van der Waals surface area contributed by atoms with Gasteiger partial charge in [-0.3, -0.25) is 0 Å². The van der Waals surface area contributed by atoms with E-state index in [1.54, 1.807) is 12.1 Å². The van der Waals surface area contributed by atoms with Gasteiger partial charge in [0.1, 0.15) is 5.82 Å². The molecule has 5 heteroatoms. The van der Waals surface area contributed by atoms with Crippen LogP contribution in [0.2, 0.25) is 0 Å². The van der Waals surface area contributed by atoms with Crippen molar-refractivity contribution in [3.8, 4) is 11.1 Å². The molecule has 1 aromatic heterocycles. The third kappa shape index (κ3) is 3.92. The Hall–Kier alpha value is -3.60. The van der Waals surface area contributed by atoms with Gasteiger partial charge in [0.25, 0.3) is 0 Å². The van der Waals surface area contributed by atoms with E-state index < -0.39 is 5.97 Å². The molecule has 3 aromatic carbocycles. The molecular formula is C25H25N3O2. The van der Waals surface area contributed by atoms with Crippen LogP contribution in [0.25, 0.3) is 22.2 Å². The number of imidazole rings is 1. The zero-order valence-electron chi connectivity index (χ0n) is 17.0. The van der Waals surface area contributed by atoms with Gasteiger partial charge < -0.3 is 15.4 Å². The molecule has 0 unspecified atom stereocenters. The minimum atomic E-state index is -0.919. The maximum Gasteiger partial charge on any atom is 0.336 e. The van der Waals surface area contributed by atoms with Crippen LogP contribution in [0.3, 0.4) is 0 Å². The molecule has 4 rings (SSSR count). The van der Waals surface area contributed by atoms with Crippen LogP contribution in [0, 0.1) is 0 Å². The van der Waals surface area contributed by atoms with E-state index in [2.05, 4.69) is 23.6 Å². The molecule has 0 bridgehead atoms. The monoisotopic (exact) mass is 399 g/mol. The summed E-state index contributed by atoms with van der Waals surface area (Å²) in [7, 11) is 0. The smallest absolute Gasteiger partial charge is 0.336 e. The SMILES string of the molecule is CCCCc1nc2ccc(N)cc2n1Cc1ccc(-c2ccccc2C(=O)O)cc1. The summed E-state index contributed by atoms with van der Waals surface area (Å²) in [4.78, 5) is 16.4. The van der Waals surface area contributed by atoms with Crippen molar-refractivity contribution in [2.45, 2.75) is 32.7 Å². The number of hydrogen-bond donors (Lipinski definition) is 2. The number of nitrogen functional groups attached to an aromatic ring is 1. The first kappa shape index (κ1) is 19.7. The van der Waals surface area contributed by atoms with E-state index in [4.69, 9.17) is 10.7 Å². The second-order valence-electron chi connectivity index (χ2n) is 7.51. The Morgan fingerprint density at radius 1 is 1.07 bits per heavy atom.